The maximum absolute atomic E-state index is 13.1. The smallest absolute Gasteiger partial charge is 0.309 e. The van der Waals surface area contributed by atoms with Crippen LogP contribution in [0.1, 0.15) is 98.8 Å². The van der Waals surface area contributed by atoms with Gasteiger partial charge in [-0.15, -0.1) is 0 Å². The van der Waals surface area contributed by atoms with Gasteiger partial charge < -0.3 is 79.5 Å². The fraction of sp³-hybridized carbons (Fsp3) is 0.935. The van der Waals surface area contributed by atoms with Crippen LogP contribution in [0.15, 0.2) is 12.2 Å². The molecule has 3 heterocycles. The first kappa shape index (κ1) is 48.1. The van der Waals surface area contributed by atoms with E-state index in [0.717, 1.165) is 44.1 Å². The highest BCUT2D eigenvalue weighted by atomic mass is 16.8. The Morgan fingerprint density at radius 1 is 0.683 bits per heavy atom. The number of aliphatic hydroxyl groups excluding tert-OH is 9. The molecule has 8 rings (SSSR count). The highest BCUT2D eigenvalue weighted by Gasteiger charge is 2.73. The topological polar surface area (TPSA) is 275 Å². The second kappa shape index (κ2) is 17.3. The van der Waals surface area contributed by atoms with Gasteiger partial charge in [0.1, 0.15) is 61.0 Å². The van der Waals surface area contributed by atoms with E-state index in [2.05, 4.69) is 34.3 Å². The molecule has 17 nitrogen and oxygen atoms in total. The van der Waals surface area contributed by atoms with Gasteiger partial charge in [0.2, 0.25) is 0 Å². The van der Waals surface area contributed by atoms with Crippen LogP contribution in [0.3, 0.4) is 0 Å². The molecule has 5 saturated carbocycles. The van der Waals surface area contributed by atoms with Crippen LogP contribution in [0.4, 0.5) is 0 Å². The second-order valence-corrected chi connectivity index (χ2v) is 21.9. The Morgan fingerprint density at radius 3 is 2.00 bits per heavy atom. The number of carboxylic acid groups (broad SMARTS) is 1. The van der Waals surface area contributed by atoms with E-state index < -0.39 is 128 Å². The summed E-state index contributed by atoms with van der Waals surface area (Å²) in [6, 6.07) is 0. The Balaban J connectivity index is 1.00. The molecule has 8 fully saturated rings. The van der Waals surface area contributed by atoms with Crippen LogP contribution < -0.4 is 0 Å². The van der Waals surface area contributed by atoms with E-state index >= 15 is 0 Å². The van der Waals surface area contributed by atoms with Gasteiger partial charge in [-0.3, -0.25) is 4.79 Å². The van der Waals surface area contributed by atoms with E-state index in [1.807, 2.05) is 6.92 Å². The van der Waals surface area contributed by atoms with Crippen molar-refractivity contribution in [1.82, 2.24) is 0 Å². The van der Waals surface area contributed by atoms with Gasteiger partial charge in [0, 0.05) is 12.0 Å². The van der Waals surface area contributed by atoms with Crippen LogP contribution >= 0.6 is 0 Å². The van der Waals surface area contributed by atoms with E-state index in [4.69, 9.17) is 28.4 Å². The van der Waals surface area contributed by atoms with Crippen molar-refractivity contribution >= 4 is 5.97 Å². The lowest BCUT2D eigenvalue weighted by atomic mass is 9.32. The number of fused-ring (bicyclic) bond motifs is 7. The Labute approximate surface area is 369 Å². The predicted molar refractivity (Wildman–Crippen MR) is 220 cm³/mol. The third kappa shape index (κ3) is 7.32. The lowest BCUT2D eigenvalue weighted by molar-refractivity contribution is -0.379. The van der Waals surface area contributed by atoms with Gasteiger partial charge in [0.15, 0.2) is 18.9 Å². The van der Waals surface area contributed by atoms with Gasteiger partial charge in [-0.1, -0.05) is 39.8 Å². The van der Waals surface area contributed by atoms with Gasteiger partial charge >= 0.3 is 5.97 Å². The summed E-state index contributed by atoms with van der Waals surface area (Å²) < 4.78 is 35.7. The molecule has 0 amide bonds. The minimum atomic E-state index is -1.74. The summed E-state index contributed by atoms with van der Waals surface area (Å²) in [4.78, 5) is 13.1. The summed E-state index contributed by atoms with van der Waals surface area (Å²) in [5.74, 6) is -0.157. The van der Waals surface area contributed by atoms with Gasteiger partial charge in [-0.25, -0.2) is 0 Å². The molecular formula is C46H74O17. The van der Waals surface area contributed by atoms with Crippen molar-refractivity contribution in [3.8, 4) is 0 Å². The van der Waals surface area contributed by atoms with E-state index in [0.29, 0.717) is 25.7 Å². The molecule has 3 aliphatic heterocycles. The molecule has 0 spiro atoms. The van der Waals surface area contributed by atoms with Crippen molar-refractivity contribution in [1.29, 1.82) is 0 Å². The van der Waals surface area contributed by atoms with Gasteiger partial charge in [-0.2, -0.15) is 0 Å². The average molecular weight is 899 g/mol. The Bertz CT molecular complexity index is 1680. The zero-order chi connectivity index (χ0) is 45.8. The highest BCUT2D eigenvalue weighted by Crippen LogP contribution is 2.77. The molecule has 0 aromatic heterocycles. The van der Waals surface area contributed by atoms with Crippen LogP contribution in [0.5, 0.6) is 0 Å². The summed E-state index contributed by atoms with van der Waals surface area (Å²) in [5, 5.41) is 108. The molecule has 5 aliphatic carbocycles. The number of rotatable bonds is 10. The van der Waals surface area contributed by atoms with Gasteiger partial charge in [0.05, 0.1) is 31.3 Å². The molecular weight excluding hydrogens is 824 g/mol. The first-order valence-electron chi connectivity index (χ1n) is 23.4. The zero-order valence-electron chi connectivity index (χ0n) is 37.4. The Kier molecular flexibility index (Phi) is 13.2. The maximum atomic E-state index is 13.1. The second-order valence-electron chi connectivity index (χ2n) is 21.9. The summed E-state index contributed by atoms with van der Waals surface area (Å²) in [7, 11) is 0. The fourth-order valence-electron chi connectivity index (χ4n) is 15.6. The largest absolute Gasteiger partial charge is 0.481 e. The van der Waals surface area contributed by atoms with Crippen molar-refractivity contribution in [2.75, 3.05) is 26.4 Å². The number of hydrogen-bond donors (Lipinski definition) is 10. The number of carboxylic acids is 1. The molecule has 0 bridgehead atoms. The first-order chi connectivity index (χ1) is 29.6. The minimum Gasteiger partial charge on any atom is -0.481 e. The summed E-state index contributed by atoms with van der Waals surface area (Å²) in [6.45, 7) is 14.0. The molecule has 0 aromatic carbocycles. The molecule has 17 heteroatoms. The van der Waals surface area contributed by atoms with E-state index in [1.54, 1.807) is 0 Å². The van der Waals surface area contributed by atoms with Gasteiger partial charge in [-0.05, 0) is 117 Å². The van der Waals surface area contributed by atoms with Crippen LogP contribution in [0.2, 0.25) is 0 Å². The molecule has 0 aromatic rings. The van der Waals surface area contributed by atoms with Crippen LogP contribution in [0, 0.1) is 56.7 Å². The summed E-state index contributed by atoms with van der Waals surface area (Å²) in [6.07, 6.45) is -12.9. The summed E-state index contributed by atoms with van der Waals surface area (Å²) in [5.41, 5.74) is -1.03. The summed E-state index contributed by atoms with van der Waals surface area (Å²) >= 11 is 0. The number of ether oxygens (including phenoxy) is 6. The quantitative estimate of drug-likeness (QED) is 0.107. The third-order valence-corrected chi connectivity index (χ3v) is 19.0. The number of aliphatic carboxylic acids is 1. The molecule has 23 atom stereocenters. The van der Waals surface area contributed by atoms with Crippen molar-refractivity contribution in [3.63, 3.8) is 0 Å². The Hall–Kier alpha value is -1.39. The van der Waals surface area contributed by atoms with E-state index in [9.17, 15) is 55.9 Å². The van der Waals surface area contributed by atoms with E-state index in [1.165, 1.54) is 0 Å². The maximum Gasteiger partial charge on any atom is 0.309 e. The van der Waals surface area contributed by atoms with Gasteiger partial charge in [0.25, 0.3) is 0 Å². The first-order valence-corrected chi connectivity index (χ1v) is 23.4. The molecule has 8 aliphatic rings. The number of hydrogen-bond acceptors (Lipinski definition) is 16. The minimum absolute atomic E-state index is 0.0234. The lowest BCUT2D eigenvalue weighted by Gasteiger charge is -2.73. The van der Waals surface area contributed by atoms with Crippen molar-refractivity contribution in [3.05, 3.63) is 12.2 Å². The van der Waals surface area contributed by atoms with Crippen LogP contribution in [0.25, 0.3) is 0 Å². The van der Waals surface area contributed by atoms with Crippen LogP contribution in [-0.4, -0.2) is 169 Å². The monoisotopic (exact) mass is 898 g/mol. The van der Waals surface area contributed by atoms with E-state index in [-0.39, 0.29) is 47.0 Å². The lowest BCUT2D eigenvalue weighted by Crippen LogP contribution is -2.69. The zero-order valence-corrected chi connectivity index (χ0v) is 37.4. The molecule has 23 unspecified atom stereocenters. The molecule has 360 valence electrons. The average Bonchev–Trinajstić information content (AvgIpc) is 3.65. The number of aliphatic hydroxyl groups is 9. The normalized spacial score (nSPS) is 54.3. The highest BCUT2D eigenvalue weighted by molar-refractivity contribution is 5.76. The SMILES string of the molecule is C=C(C)C1CCC2(C(=O)O)CCC3(CO)C(CCC4C5(C)CCC(OC6OC(CO)C(O)C(OC7OCC(O)C(O)C7OC7OCC(O)C(O)C7O)C6O)C(C)(C)C5CCC43C)C12. The standard InChI is InChI=1S/C46H74O17/c1-21(2)22-9-14-45(41(56)57)15-16-46(20-48)23(30(22)45)7-8-28-43(5)12-11-29(42(3,4)27(43)10-13-44(28,46)6)61-39-35(55)36(33(53)26(17-47)60-39)62-40-37(32(52)25(50)19-59-40)63-38-34(54)31(51)24(49)18-58-38/h22-40,47-55H,1,7-20H2,2-6H3,(H,56,57). The molecule has 63 heavy (non-hydrogen) atoms. The Morgan fingerprint density at radius 2 is 1.35 bits per heavy atom. The van der Waals surface area contributed by atoms with Crippen molar-refractivity contribution in [2.24, 2.45) is 56.7 Å². The predicted octanol–water partition coefficient (Wildman–Crippen LogP) is 0.813. The third-order valence-electron chi connectivity index (χ3n) is 19.0. The number of carbonyl (C=O) groups is 1. The number of allylic oxidation sites excluding steroid dienone is 1. The molecule has 10 N–H and O–H groups in total. The van der Waals surface area contributed by atoms with Crippen LogP contribution in [-0.2, 0) is 33.2 Å². The molecule has 0 radical (unpaired) electrons. The fourth-order valence-corrected chi connectivity index (χ4v) is 15.6. The van der Waals surface area contributed by atoms with Crippen molar-refractivity contribution < 1.29 is 84.3 Å². The van der Waals surface area contributed by atoms with Crippen molar-refractivity contribution in [2.45, 2.75) is 185 Å². The molecule has 3 saturated heterocycles.